The van der Waals surface area contributed by atoms with Crippen molar-refractivity contribution in [2.75, 3.05) is 59.7 Å². The molecule has 15 heteroatoms. The molecule has 0 saturated heterocycles. The minimum Gasteiger partial charge on any atom is -0.507 e. The molecule has 0 radical (unpaired) electrons. The highest BCUT2D eigenvalue weighted by Gasteiger charge is 2.63. The van der Waals surface area contributed by atoms with E-state index in [1.165, 1.54) is 0 Å². The molecule has 8 N–H and O–H groups in total. The molecule has 69 heavy (non-hydrogen) atoms. The number of aromatic hydroxyl groups is 2. The number of phenolic OH excluding ortho intramolecular Hbond substituents is 2. The zero-order chi connectivity index (χ0) is 50.8. The summed E-state index contributed by atoms with van der Waals surface area (Å²) in [6.07, 6.45) is 10.0. The smallest absolute Gasteiger partial charge is 0.326 e. The van der Waals surface area contributed by atoms with Gasteiger partial charge in [-0.25, -0.2) is 4.79 Å². The van der Waals surface area contributed by atoms with Crippen LogP contribution in [0.5, 0.6) is 11.5 Å². The molecule has 0 aromatic heterocycles. The number of nitrogens with one attached hydrogen (secondary N) is 3. The van der Waals surface area contributed by atoms with E-state index in [0.29, 0.717) is 122 Å². The van der Waals surface area contributed by atoms with Gasteiger partial charge in [0.1, 0.15) is 17.5 Å². The summed E-state index contributed by atoms with van der Waals surface area (Å²) in [5.41, 5.74) is 0.388. The molecule has 5 rings (SSSR count). The van der Waals surface area contributed by atoms with Gasteiger partial charge in [0, 0.05) is 79.5 Å². The number of nitrogens with zero attached hydrogens (tertiary/aromatic N) is 1. The Morgan fingerprint density at radius 1 is 0.826 bits per heavy atom. The molecule has 11 atom stereocenters. The van der Waals surface area contributed by atoms with Gasteiger partial charge in [-0.1, -0.05) is 47.8 Å². The highest BCUT2D eigenvalue weighted by Crippen LogP contribution is 2.68. The Morgan fingerprint density at radius 2 is 1.51 bits per heavy atom. The summed E-state index contributed by atoms with van der Waals surface area (Å²) in [6.45, 7) is 23.6. The fraction of sp³-hybridized carbons (Fsp3) is 0.778. The molecule has 3 amide bonds. The number of hydrogen-bond donors (Lipinski definition) is 8. The number of aliphatic hydroxyl groups excluding tert-OH is 2. The van der Waals surface area contributed by atoms with Crippen molar-refractivity contribution in [2.45, 2.75) is 162 Å². The summed E-state index contributed by atoms with van der Waals surface area (Å²) in [4.78, 5) is 52.2. The van der Waals surface area contributed by atoms with Gasteiger partial charge in [-0.15, -0.1) is 0 Å². The standard InChI is InChI=1S/C54H88N4O11/c1-33(39-14-15-40-47-41(18-21-54(39,40)8)53(7)20-17-38(59)30-37(53)31-43(47)60)13-16-45(62)57-42(51(66)67)12-10-11-22-56-44(61)19-26-68-28-29-69-27-24-55-23-25-58(9)46(63)32-52(5,6)48-36(4)49(64)34(2)35(3)50(48)65/h33,37-43,47,55,59-60,64-65H,3-4,10-32H2,1-2,5-9H3,(H,56,61)(H,57,62)(H,66,67). The first-order chi connectivity index (χ1) is 32.5. The molecule has 11 unspecified atom stereocenters. The summed E-state index contributed by atoms with van der Waals surface area (Å²) >= 11 is 0. The van der Waals surface area contributed by atoms with Gasteiger partial charge < -0.3 is 55.9 Å². The van der Waals surface area contributed by atoms with E-state index in [1.54, 1.807) is 18.9 Å². The summed E-state index contributed by atoms with van der Waals surface area (Å²) in [5.74, 6) is 0.746. The molecular weight excluding hydrogens is 881 g/mol. The average Bonchev–Trinajstić information content (AvgIpc) is 3.65. The molecule has 1 aromatic carbocycles. The second-order valence-electron chi connectivity index (χ2n) is 22.5. The number of likely N-dealkylation sites (N-methyl/N-ethyl adjacent to an activating group) is 1. The third kappa shape index (κ3) is 13.6. The van der Waals surface area contributed by atoms with E-state index in [0.717, 1.165) is 51.4 Å². The topological polar surface area (TPSA) is 227 Å². The van der Waals surface area contributed by atoms with Gasteiger partial charge in [-0.05, 0) is 130 Å². The summed E-state index contributed by atoms with van der Waals surface area (Å²) in [7, 11) is 1.72. The number of carboxylic acid groups (broad SMARTS) is 1. The number of amides is 3. The van der Waals surface area contributed by atoms with Crippen LogP contribution in [-0.4, -0.2) is 132 Å². The molecule has 4 saturated carbocycles. The molecule has 0 bridgehead atoms. The quantitative estimate of drug-likeness (QED) is 0.0470. The number of rotatable bonds is 26. The number of aliphatic carboxylic acids is 1. The van der Waals surface area contributed by atoms with Gasteiger partial charge in [0.15, 0.2) is 0 Å². The molecule has 390 valence electrons. The molecule has 0 spiro atoms. The Morgan fingerprint density at radius 3 is 2.22 bits per heavy atom. The van der Waals surface area contributed by atoms with Crippen molar-refractivity contribution in [3.8, 4) is 11.5 Å². The van der Waals surface area contributed by atoms with Crippen LogP contribution in [0.3, 0.4) is 0 Å². The van der Waals surface area contributed by atoms with Crippen molar-refractivity contribution in [3.05, 3.63) is 21.6 Å². The third-order valence-corrected chi connectivity index (χ3v) is 17.6. The summed E-state index contributed by atoms with van der Waals surface area (Å²) in [5, 5.41) is 62.6. The van der Waals surface area contributed by atoms with Crippen LogP contribution >= 0.6 is 0 Å². The second kappa shape index (κ2) is 24.6. The maximum absolute atomic E-state index is 13.1. The van der Waals surface area contributed by atoms with Crippen molar-refractivity contribution in [3.63, 3.8) is 0 Å². The predicted molar refractivity (Wildman–Crippen MR) is 267 cm³/mol. The van der Waals surface area contributed by atoms with E-state index in [9.17, 15) is 44.7 Å². The van der Waals surface area contributed by atoms with Crippen molar-refractivity contribution < 1.29 is 54.2 Å². The van der Waals surface area contributed by atoms with Gasteiger partial charge in [0.2, 0.25) is 17.7 Å². The lowest BCUT2D eigenvalue weighted by molar-refractivity contribution is -0.174. The van der Waals surface area contributed by atoms with Crippen LogP contribution in [-0.2, 0) is 34.1 Å². The lowest BCUT2D eigenvalue weighted by Crippen LogP contribution is -2.58. The van der Waals surface area contributed by atoms with Gasteiger partial charge >= 0.3 is 5.97 Å². The number of ether oxygens (including phenoxy) is 2. The Hall–Kier alpha value is -3.76. The first kappa shape index (κ1) is 56.2. The molecule has 0 aliphatic heterocycles. The highest BCUT2D eigenvalue weighted by molar-refractivity contribution is 5.83. The van der Waals surface area contributed by atoms with Crippen LogP contribution in [0.1, 0.15) is 142 Å². The van der Waals surface area contributed by atoms with Crippen LogP contribution < -0.4 is 26.4 Å². The van der Waals surface area contributed by atoms with Crippen LogP contribution in [0.2, 0.25) is 0 Å². The van der Waals surface area contributed by atoms with E-state index >= 15 is 0 Å². The fourth-order valence-corrected chi connectivity index (χ4v) is 13.5. The van der Waals surface area contributed by atoms with E-state index in [-0.39, 0.29) is 84.5 Å². The largest absolute Gasteiger partial charge is 0.507 e. The monoisotopic (exact) mass is 969 g/mol. The van der Waals surface area contributed by atoms with Crippen LogP contribution in [0, 0.1) is 53.3 Å². The number of unbranched alkanes of at least 4 members (excludes halogenated alkanes) is 1. The molecule has 0 heterocycles. The summed E-state index contributed by atoms with van der Waals surface area (Å²) < 4.78 is 11.2. The molecular formula is C54H88N4O11. The second-order valence-corrected chi connectivity index (χ2v) is 22.5. The number of fused-ring (bicyclic) bond motifs is 5. The highest BCUT2D eigenvalue weighted by atomic mass is 16.5. The first-order valence-corrected chi connectivity index (χ1v) is 26.0. The maximum Gasteiger partial charge on any atom is 0.326 e. The van der Waals surface area contributed by atoms with E-state index < -0.39 is 17.4 Å². The van der Waals surface area contributed by atoms with Crippen molar-refractivity contribution in [2.24, 2.45) is 46.3 Å². The normalized spacial score (nSPS) is 28.4. The number of carboxylic acids is 1. The maximum atomic E-state index is 13.1. The van der Waals surface area contributed by atoms with Crippen LogP contribution in [0.25, 0.3) is 13.2 Å². The Balaban J connectivity index is 0.870. The number of aliphatic hydroxyl groups is 2. The number of phenols is 2. The Labute approximate surface area is 411 Å². The zero-order valence-electron chi connectivity index (χ0n) is 43.0. The number of carbonyl (C=O) groups is 4. The molecule has 4 fully saturated rings. The first-order valence-electron chi connectivity index (χ1n) is 26.0. The SMILES string of the molecule is C=c1c(C)c(O)c(=C)c(C(C)(C)CC(=O)N(C)CCNCCOCCOCCC(=O)NCCCCC(NC(=O)CCC(C)C2CCC3C4C(O)CC5CC(O)CCC5(C)C4CCC23C)C(=O)O)c1O. The van der Waals surface area contributed by atoms with E-state index in [4.69, 9.17) is 9.47 Å². The lowest BCUT2D eigenvalue weighted by atomic mass is 9.43. The van der Waals surface area contributed by atoms with Crippen molar-refractivity contribution in [1.29, 1.82) is 0 Å². The van der Waals surface area contributed by atoms with Gasteiger partial charge in [0.05, 0.1) is 38.6 Å². The molecule has 15 nitrogen and oxygen atoms in total. The van der Waals surface area contributed by atoms with E-state index in [1.807, 2.05) is 13.8 Å². The predicted octanol–water partition coefficient (Wildman–Crippen LogP) is 4.63. The Bertz CT molecular complexity index is 2030. The Kier molecular flexibility index (Phi) is 20.0. The van der Waals surface area contributed by atoms with Crippen LogP contribution in [0.4, 0.5) is 0 Å². The molecule has 4 aliphatic carbocycles. The van der Waals surface area contributed by atoms with Gasteiger partial charge in [0.25, 0.3) is 0 Å². The van der Waals surface area contributed by atoms with Gasteiger partial charge in [-0.2, -0.15) is 0 Å². The number of carbonyl (C=O) groups excluding carboxylic acids is 3. The number of benzene rings is 1. The van der Waals surface area contributed by atoms with Crippen molar-refractivity contribution >= 4 is 36.8 Å². The minimum atomic E-state index is -1.06. The molecule has 1 aromatic rings. The fourth-order valence-electron chi connectivity index (χ4n) is 13.5. The lowest BCUT2D eigenvalue weighted by Gasteiger charge is -2.62. The van der Waals surface area contributed by atoms with Crippen molar-refractivity contribution in [1.82, 2.24) is 20.9 Å². The van der Waals surface area contributed by atoms with Crippen LogP contribution in [0.15, 0.2) is 0 Å². The minimum absolute atomic E-state index is 0.0270. The third-order valence-electron chi connectivity index (χ3n) is 17.6. The molecule has 4 aliphatic rings. The van der Waals surface area contributed by atoms with E-state index in [2.05, 4.69) is 49.9 Å². The number of hydrogen-bond acceptors (Lipinski definition) is 11. The summed E-state index contributed by atoms with van der Waals surface area (Å²) in [6, 6.07) is -0.982. The average molecular weight is 969 g/mol. The van der Waals surface area contributed by atoms with Gasteiger partial charge in [-0.3, -0.25) is 14.4 Å². The zero-order valence-corrected chi connectivity index (χ0v) is 43.0.